The summed E-state index contributed by atoms with van der Waals surface area (Å²) in [6.45, 7) is 3.20. The van der Waals surface area contributed by atoms with E-state index >= 15 is 0 Å². The second kappa shape index (κ2) is 12.2. The molecule has 0 aliphatic heterocycles. The number of nitrogens with zero attached hydrogens (tertiary/aromatic N) is 1. The number of hydrogen-bond acceptors (Lipinski definition) is 4. The third-order valence-corrected chi connectivity index (χ3v) is 8.88. The fourth-order valence-electron chi connectivity index (χ4n) is 6.48. The van der Waals surface area contributed by atoms with Crippen molar-refractivity contribution in [1.29, 1.82) is 5.26 Å². The van der Waals surface area contributed by atoms with Gasteiger partial charge in [0.1, 0.15) is 17.6 Å². The van der Waals surface area contributed by atoms with Crippen molar-refractivity contribution >= 4 is 5.97 Å². The van der Waals surface area contributed by atoms with Crippen molar-refractivity contribution in [3.05, 3.63) is 29.6 Å². The van der Waals surface area contributed by atoms with Crippen LogP contribution in [0.2, 0.25) is 0 Å². The van der Waals surface area contributed by atoms with E-state index < -0.39 is 5.82 Å². The van der Waals surface area contributed by atoms with Gasteiger partial charge in [-0.2, -0.15) is 5.26 Å². The first kappa shape index (κ1) is 25.2. The van der Waals surface area contributed by atoms with Gasteiger partial charge in [-0.3, -0.25) is 4.79 Å². The van der Waals surface area contributed by atoms with Crippen LogP contribution in [0, 0.1) is 46.7 Å². The van der Waals surface area contributed by atoms with Crippen LogP contribution in [-0.2, 0) is 9.53 Å². The van der Waals surface area contributed by atoms with E-state index in [0.717, 1.165) is 56.1 Å². The van der Waals surface area contributed by atoms with Crippen LogP contribution in [0.1, 0.15) is 96.0 Å². The Bertz CT molecular complexity index is 841. The van der Waals surface area contributed by atoms with Crippen LogP contribution in [0.3, 0.4) is 0 Å². The van der Waals surface area contributed by atoms with Crippen molar-refractivity contribution in [2.45, 2.75) is 96.5 Å². The molecule has 3 fully saturated rings. The standard InChI is InChI=1S/C29H40FNO3/c1-2-20-3-7-22(8-4-20)23-9-5-21(6-10-23)19-33-26-14-11-24(12-15-26)29(32)34-27-16-13-25(18-31)28(30)17-27/h13,16-17,20-24,26H,2-12,14-15,19H2,1H3/t20-,21-,22-,23-,24-,26-. The Kier molecular flexibility index (Phi) is 9.00. The number of nitriles is 1. The molecule has 0 heterocycles. The van der Waals surface area contributed by atoms with Crippen LogP contribution in [0.4, 0.5) is 4.39 Å². The summed E-state index contributed by atoms with van der Waals surface area (Å²) in [5, 5.41) is 8.82. The van der Waals surface area contributed by atoms with E-state index in [4.69, 9.17) is 14.7 Å². The molecular weight excluding hydrogens is 429 g/mol. The zero-order chi connectivity index (χ0) is 23.9. The smallest absolute Gasteiger partial charge is 0.314 e. The highest BCUT2D eigenvalue weighted by molar-refractivity contribution is 5.75. The number of carbonyl (C=O) groups excluding carboxylic acids is 1. The minimum Gasteiger partial charge on any atom is -0.426 e. The third kappa shape index (κ3) is 6.60. The van der Waals surface area contributed by atoms with E-state index in [1.807, 2.05) is 0 Å². The van der Waals surface area contributed by atoms with Gasteiger partial charge in [0.05, 0.1) is 17.6 Å². The van der Waals surface area contributed by atoms with Crippen molar-refractivity contribution in [2.24, 2.45) is 29.6 Å². The van der Waals surface area contributed by atoms with Gasteiger partial charge >= 0.3 is 5.97 Å². The first-order valence-corrected chi connectivity index (χ1v) is 13.6. The van der Waals surface area contributed by atoms with Gasteiger partial charge in [0.25, 0.3) is 0 Å². The number of esters is 1. The summed E-state index contributed by atoms with van der Waals surface area (Å²) < 4.78 is 25.4. The lowest BCUT2D eigenvalue weighted by Gasteiger charge is -2.38. The summed E-state index contributed by atoms with van der Waals surface area (Å²) >= 11 is 0. The Hall–Kier alpha value is -1.93. The van der Waals surface area contributed by atoms with Crippen LogP contribution < -0.4 is 4.74 Å². The number of benzene rings is 1. The van der Waals surface area contributed by atoms with Gasteiger partial charge in [0.15, 0.2) is 0 Å². The predicted molar refractivity (Wildman–Crippen MR) is 130 cm³/mol. The van der Waals surface area contributed by atoms with Gasteiger partial charge in [0, 0.05) is 12.7 Å². The van der Waals surface area contributed by atoms with Crippen molar-refractivity contribution in [1.82, 2.24) is 0 Å². The summed E-state index contributed by atoms with van der Waals surface area (Å²) in [6.07, 6.45) is 16.0. The van der Waals surface area contributed by atoms with E-state index in [2.05, 4.69) is 6.92 Å². The Morgan fingerprint density at radius 1 is 0.941 bits per heavy atom. The molecule has 0 unspecified atom stereocenters. The fraction of sp³-hybridized carbons (Fsp3) is 0.724. The first-order valence-electron chi connectivity index (χ1n) is 13.6. The van der Waals surface area contributed by atoms with Gasteiger partial charge in [0.2, 0.25) is 0 Å². The monoisotopic (exact) mass is 469 g/mol. The van der Waals surface area contributed by atoms with E-state index in [1.165, 1.54) is 69.9 Å². The van der Waals surface area contributed by atoms with Gasteiger partial charge < -0.3 is 9.47 Å². The molecule has 186 valence electrons. The van der Waals surface area contributed by atoms with E-state index in [9.17, 15) is 9.18 Å². The Morgan fingerprint density at radius 3 is 2.12 bits per heavy atom. The molecule has 0 bridgehead atoms. The average Bonchev–Trinajstić information content (AvgIpc) is 2.88. The predicted octanol–water partition coefficient (Wildman–Crippen LogP) is 7.20. The largest absolute Gasteiger partial charge is 0.426 e. The third-order valence-electron chi connectivity index (χ3n) is 8.88. The van der Waals surface area contributed by atoms with Gasteiger partial charge in [-0.15, -0.1) is 0 Å². The Morgan fingerprint density at radius 2 is 1.56 bits per heavy atom. The summed E-state index contributed by atoms with van der Waals surface area (Å²) in [5.41, 5.74) is -0.0509. The molecule has 34 heavy (non-hydrogen) atoms. The summed E-state index contributed by atoms with van der Waals surface area (Å²) in [5.74, 6) is 2.61. The van der Waals surface area contributed by atoms with Gasteiger partial charge in [-0.25, -0.2) is 4.39 Å². The lowest BCUT2D eigenvalue weighted by Crippen LogP contribution is -2.31. The molecule has 0 atom stereocenters. The molecule has 1 aromatic carbocycles. The number of carbonyl (C=O) groups is 1. The average molecular weight is 470 g/mol. The Labute approximate surface area is 204 Å². The van der Waals surface area contributed by atoms with Gasteiger partial charge in [-0.05, 0) is 100 Å². The van der Waals surface area contributed by atoms with Crippen LogP contribution >= 0.6 is 0 Å². The highest BCUT2D eigenvalue weighted by atomic mass is 19.1. The van der Waals surface area contributed by atoms with Gasteiger partial charge in [-0.1, -0.05) is 26.2 Å². The second-order valence-corrected chi connectivity index (χ2v) is 11.0. The van der Waals surface area contributed by atoms with Crippen LogP contribution in [-0.4, -0.2) is 18.7 Å². The minimum absolute atomic E-state index is 0.0509. The molecule has 0 radical (unpaired) electrons. The molecule has 0 saturated heterocycles. The zero-order valence-electron chi connectivity index (χ0n) is 20.6. The van der Waals surface area contributed by atoms with Crippen LogP contribution in [0.25, 0.3) is 0 Å². The molecule has 5 heteroatoms. The SMILES string of the molecule is CC[C@H]1CC[C@H]([C@H]2CC[C@H](CO[C@H]3CC[C@H](C(=O)Oc4ccc(C#N)c(F)c4)CC3)CC2)CC1. The molecule has 4 nitrogen and oxygen atoms in total. The molecule has 1 aromatic rings. The quantitative estimate of drug-likeness (QED) is 0.313. The highest BCUT2D eigenvalue weighted by Crippen LogP contribution is 2.42. The van der Waals surface area contributed by atoms with Crippen molar-refractivity contribution < 1.29 is 18.7 Å². The minimum atomic E-state index is -0.664. The molecular formula is C29H40FNO3. The summed E-state index contributed by atoms with van der Waals surface area (Å²) in [6, 6.07) is 5.69. The molecule has 3 aliphatic carbocycles. The van der Waals surface area contributed by atoms with Crippen molar-refractivity contribution in [2.75, 3.05) is 6.61 Å². The maximum absolute atomic E-state index is 13.7. The number of hydrogen-bond donors (Lipinski definition) is 0. The van der Waals surface area contributed by atoms with Crippen molar-refractivity contribution in [3.8, 4) is 11.8 Å². The number of ether oxygens (including phenoxy) is 2. The maximum Gasteiger partial charge on any atom is 0.314 e. The molecule has 3 aliphatic rings. The van der Waals surface area contributed by atoms with E-state index in [0.29, 0.717) is 5.92 Å². The van der Waals surface area contributed by atoms with Crippen LogP contribution in [0.5, 0.6) is 5.75 Å². The number of rotatable bonds is 7. The van der Waals surface area contributed by atoms with E-state index in [-0.39, 0.29) is 29.3 Å². The lowest BCUT2D eigenvalue weighted by molar-refractivity contribution is -0.141. The lowest BCUT2D eigenvalue weighted by atomic mass is 9.69. The topological polar surface area (TPSA) is 59.3 Å². The highest BCUT2D eigenvalue weighted by Gasteiger charge is 2.32. The fourth-order valence-corrected chi connectivity index (χ4v) is 6.48. The molecule has 4 rings (SSSR count). The van der Waals surface area contributed by atoms with Crippen molar-refractivity contribution in [3.63, 3.8) is 0 Å². The Balaban J connectivity index is 1.12. The number of halogens is 1. The summed E-state index contributed by atoms with van der Waals surface area (Å²) in [7, 11) is 0. The molecule has 0 aromatic heterocycles. The zero-order valence-corrected chi connectivity index (χ0v) is 20.6. The summed E-state index contributed by atoms with van der Waals surface area (Å²) in [4.78, 5) is 12.5. The second-order valence-electron chi connectivity index (χ2n) is 11.0. The maximum atomic E-state index is 13.7. The molecule has 0 amide bonds. The van der Waals surface area contributed by atoms with E-state index in [1.54, 1.807) is 6.07 Å². The first-order chi connectivity index (χ1) is 16.6. The molecule has 3 saturated carbocycles. The molecule has 0 N–H and O–H groups in total. The molecule has 0 spiro atoms. The normalized spacial score (nSPS) is 32.0. The van der Waals surface area contributed by atoms with Crippen LogP contribution in [0.15, 0.2) is 18.2 Å².